The first-order valence-corrected chi connectivity index (χ1v) is 21.8. The maximum absolute atomic E-state index is 13.9. The van der Waals surface area contributed by atoms with Crippen molar-refractivity contribution in [3.63, 3.8) is 0 Å². The molecule has 3 aromatic carbocycles. The summed E-state index contributed by atoms with van der Waals surface area (Å²) in [6.45, 7) is 6.64. The molecule has 0 aromatic heterocycles. The van der Waals surface area contributed by atoms with Crippen molar-refractivity contribution in [3.05, 3.63) is 130 Å². The van der Waals surface area contributed by atoms with E-state index in [1.54, 1.807) is 9.80 Å². The molecule has 0 saturated carbocycles. The Hall–Kier alpha value is -6.65. The van der Waals surface area contributed by atoms with Gasteiger partial charge in [-0.3, -0.25) is 40.0 Å². The van der Waals surface area contributed by atoms with Crippen LogP contribution in [0.3, 0.4) is 0 Å². The Morgan fingerprint density at radius 3 is 1.68 bits per heavy atom. The zero-order valence-corrected chi connectivity index (χ0v) is 36.4. The third-order valence-electron chi connectivity index (χ3n) is 12.2. The zero-order chi connectivity index (χ0) is 46.7. The summed E-state index contributed by atoms with van der Waals surface area (Å²) >= 11 is 1.36. The number of nitrogens with zero attached hydrogens (tertiary/aromatic N) is 7. The van der Waals surface area contributed by atoms with Crippen LogP contribution in [0.2, 0.25) is 0 Å². The molecule has 3 fully saturated rings. The lowest BCUT2D eigenvalue weighted by molar-refractivity contribution is -0.385. The monoisotopic (exact) mass is 917 g/mol. The molecule has 3 saturated heterocycles. The molecule has 0 radical (unpaired) electrons. The van der Waals surface area contributed by atoms with Crippen LogP contribution in [0.4, 0.5) is 26.7 Å². The zero-order valence-electron chi connectivity index (χ0n) is 35.6. The van der Waals surface area contributed by atoms with Gasteiger partial charge in [0.05, 0.1) is 32.8 Å². The highest BCUT2D eigenvalue weighted by atomic mass is 32.2. The first-order chi connectivity index (χ1) is 31.0. The minimum Gasteiger partial charge on any atom is -0.456 e. The predicted octanol–water partition coefficient (Wildman–Crippen LogP) is 5.38. The standard InChI is InChI=1S/C43H47N7O14S/c1-25-19-44(16-17-45(25)42(54)63-23-29-6-12-32(13-7-29)49(58)59)20-34-18-35(21-46(34)43(55)64-24-30-8-14-33(15-9-30)50(60)61)65-39-26(2)37-36(27(3)51)40(52)47(37)38(39)41(53)62-22-28-4-10-31(11-5-28)48(56)57/h4-15,25-27,34-37,51H,16-24H2,1-3H3/t25?,26-,27-,34+,35+,36-,37-/m1/s1. The van der Waals surface area contributed by atoms with Crippen LogP contribution in [0.1, 0.15) is 43.9 Å². The minimum absolute atomic E-state index is 0.0532. The summed E-state index contributed by atoms with van der Waals surface area (Å²) < 4.78 is 17.0. The Kier molecular flexibility index (Phi) is 14.0. The number of benzene rings is 3. The van der Waals surface area contributed by atoms with E-state index in [9.17, 15) is 54.6 Å². The van der Waals surface area contributed by atoms with Gasteiger partial charge in [0, 0.05) is 97.3 Å². The van der Waals surface area contributed by atoms with Gasteiger partial charge in [-0.2, -0.15) is 0 Å². The number of nitro benzene ring substituents is 3. The van der Waals surface area contributed by atoms with Crippen LogP contribution in [0.25, 0.3) is 0 Å². The number of carbonyl (C=O) groups is 4. The summed E-state index contributed by atoms with van der Waals surface area (Å²) in [5, 5.41) is 43.6. The topological polar surface area (TPSA) is 259 Å². The highest BCUT2D eigenvalue weighted by Crippen LogP contribution is 2.52. The van der Waals surface area contributed by atoms with E-state index in [1.807, 2.05) is 13.8 Å². The molecule has 1 unspecified atom stereocenters. The highest BCUT2D eigenvalue weighted by Gasteiger charge is 2.60. The number of nitro groups is 3. The average molecular weight is 918 g/mol. The number of hydrogen-bond donors (Lipinski definition) is 1. The van der Waals surface area contributed by atoms with Crippen molar-refractivity contribution in [2.45, 2.75) is 76.5 Å². The van der Waals surface area contributed by atoms with Crippen molar-refractivity contribution < 1.29 is 53.3 Å². The van der Waals surface area contributed by atoms with Gasteiger partial charge in [0.1, 0.15) is 25.5 Å². The van der Waals surface area contributed by atoms with E-state index in [-0.39, 0.29) is 66.3 Å². The number of esters is 1. The quantitative estimate of drug-likeness (QED) is 0.0660. The number of carbonyl (C=O) groups excluding carboxylic acids is 4. The molecule has 4 aliphatic heterocycles. The normalized spacial score (nSPS) is 23.4. The Bertz CT molecular complexity index is 2360. The van der Waals surface area contributed by atoms with Crippen LogP contribution in [0.5, 0.6) is 0 Å². The van der Waals surface area contributed by atoms with Crippen molar-refractivity contribution >= 4 is 52.9 Å². The molecular formula is C43H47N7O14S. The van der Waals surface area contributed by atoms with Gasteiger partial charge < -0.3 is 34.0 Å². The van der Waals surface area contributed by atoms with Gasteiger partial charge in [-0.1, -0.05) is 6.92 Å². The number of non-ortho nitro benzene ring substituents is 3. The third kappa shape index (κ3) is 10.2. The number of rotatable bonds is 15. The molecule has 21 nitrogen and oxygen atoms in total. The summed E-state index contributed by atoms with van der Waals surface area (Å²) in [5.41, 5.74) is 1.37. The number of ether oxygens (including phenoxy) is 3. The fraction of sp³-hybridized carbons (Fsp3) is 0.442. The maximum atomic E-state index is 13.9. The number of fused-ring (bicyclic) bond motifs is 1. The van der Waals surface area contributed by atoms with Crippen molar-refractivity contribution in [1.29, 1.82) is 0 Å². The number of thioether (sulfide) groups is 1. The molecule has 4 heterocycles. The molecule has 3 aromatic rings. The van der Waals surface area contributed by atoms with E-state index in [1.165, 1.54) is 96.4 Å². The van der Waals surface area contributed by atoms with Gasteiger partial charge in [0.2, 0.25) is 5.91 Å². The number of likely N-dealkylation sites (tertiary alicyclic amines) is 1. The van der Waals surface area contributed by atoms with E-state index in [0.717, 1.165) is 0 Å². The Morgan fingerprint density at radius 2 is 1.22 bits per heavy atom. The largest absolute Gasteiger partial charge is 0.456 e. The summed E-state index contributed by atoms with van der Waals surface area (Å²) in [6.07, 6.45) is -1.69. The van der Waals surface area contributed by atoms with Crippen LogP contribution in [0.15, 0.2) is 83.4 Å². The first kappa shape index (κ1) is 46.3. The van der Waals surface area contributed by atoms with E-state index in [4.69, 9.17) is 14.2 Å². The molecule has 7 rings (SSSR count). The highest BCUT2D eigenvalue weighted by molar-refractivity contribution is 8.03. The lowest BCUT2D eigenvalue weighted by Crippen LogP contribution is -2.63. The van der Waals surface area contributed by atoms with Crippen molar-refractivity contribution in [1.82, 2.24) is 19.6 Å². The van der Waals surface area contributed by atoms with E-state index in [2.05, 4.69) is 4.90 Å². The second-order valence-corrected chi connectivity index (χ2v) is 17.8. The maximum Gasteiger partial charge on any atom is 0.410 e. The fourth-order valence-corrected chi connectivity index (χ4v) is 10.3. The molecule has 22 heteroatoms. The van der Waals surface area contributed by atoms with Crippen LogP contribution in [0, 0.1) is 42.2 Å². The average Bonchev–Trinajstić information content (AvgIpc) is 3.78. The molecular weight excluding hydrogens is 871 g/mol. The summed E-state index contributed by atoms with van der Waals surface area (Å²) in [7, 11) is 0. The van der Waals surface area contributed by atoms with Gasteiger partial charge in [-0.05, 0) is 73.4 Å². The van der Waals surface area contributed by atoms with Crippen LogP contribution < -0.4 is 0 Å². The van der Waals surface area contributed by atoms with Gasteiger partial charge >= 0.3 is 18.2 Å². The van der Waals surface area contributed by atoms with E-state index < -0.39 is 62.9 Å². The number of hydrogen-bond acceptors (Lipinski definition) is 16. The molecule has 3 amide bonds. The number of amides is 3. The summed E-state index contributed by atoms with van der Waals surface area (Å²) in [6, 6.07) is 15.7. The van der Waals surface area contributed by atoms with E-state index in [0.29, 0.717) is 54.2 Å². The van der Waals surface area contributed by atoms with Gasteiger partial charge in [0.25, 0.3) is 17.1 Å². The number of aliphatic hydroxyl groups is 1. The van der Waals surface area contributed by atoms with Crippen LogP contribution in [-0.2, 0) is 43.6 Å². The molecule has 0 bridgehead atoms. The molecule has 65 heavy (non-hydrogen) atoms. The Morgan fingerprint density at radius 1 is 0.738 bits per heavy atom. The summed E-state index contributed by atoms with van der Waals surface area (Å²) in [4.78, 5) is 93.5. The fourth-order valence-electron chi connectivity index (χ4n) is 8.79. The number of piperazine rings is 1. The van der Waals surface area contributed by atoms with Gasteiger partial charge in [-0.25, -0.2) is 14.4 Å². The molecule has 1 N–H and O–H groups in total. The Labute approximate surface area is 376 Å². The third-order valence-corrected chi connectivity index (χ3v) is 13.7. The second-order valence-electron chi connectivity index (χ2n) is 16.5. The lowest BCUT2D eigenvalue weighted by atomic mass is 9.79. The molecule has 0 aliphatic carbocycles. The number of β-lactam (4-membered cyclic amide) rings is 1. The van der Waals surface area contributed by atoms with Gasteiger partial charge in [-0.15, -0.1) is 11.8 Å². The molecule has 4 aliphatic rings. The molecule has 7 atom stereocenters. The minimum atomic E-state index is -0.982. The van der Waals surface area contributed by atoms with E-state index >= 15 is 0 Å². The van der Waals surface area contributed by atoms with Crippen LogP contribution in [-0.4, -0.2) is 126 Å². The van der Waals surface area contributed by atoms with Crippen molar-refractivity contribution in [2.24, 2.45) is 11.8 Å². The molecule has 0 spiro atoms. The summed E-state index contributed by atoms with van der Waals surface area (Å²) in [5.74, 6) is -2.32. The SMILES string of the molecule is CC1CN(C[C@@H]2C[C@H](SC3=C(C(=O)OCc4ccc([N+](=O)[O-])cc4)N4C(=O)[C@H]([C@@H](C)O)[C@H]4[C@H]3C)CN2C(=O)OCc2ccc([N+](=O)[O-])cc2)CCN1C(=O)OCc1ccc([N+](=O)[O-])cc1. The molecule has 344 valence electrons. The first-order valence-electron chi connectivity index (χ1n) is 20.9. The van der Waals surface area contributed by atoms with Gasteiger partial charge in [0.15, 0.2) is 0 Å². The van der Waals surface area contributed by atoms with Crippen LogP contribution >= 0.6 is 11.8 Å². The number of aliphatic hydroxyl groups excluding tert-OH is 1. The van der Waals surface area contributed by atoms with Crippen molar-refractivity contribution in [3.8, 4) is 0 Å². The lowest BCUT2D eigenvalue weighted by Gasteiger charge is -2.46. The smallest absolute Gasteiger partial charge is 0.410 e. The predicted molar refractivity (Wildman–Crippen MR) is 231 cm³/mol. The Balaban J connectivity index is 1.06. The second kappa shape index (κ2) is 19.6. The van der Waals surface area contributed by atoms with Crippen molar-refractivity contribution in [2.75, 3.05) is 32.7 Å².